The molecule has 2 aliphatic heterocycles. The minimum absolute atomic E-state index is 0.0645. The van der Waals surface area contributed by atoms with Gasteiger partial charge in [-0.1, -0.05) is 37.3 Å². The van der Waals surface area contributed by atoms with E-state index in [1.54, 1.807) is 17.0 Å². The Hall–Kier alpha value is -2.44. The van der Waals surface area contributed by atoms with E-state index in [2.05, 4.69) is 6.92 Å². The molecule has 3 heterocycles. The summed E-state index contributed by atoms with van der Waals surface area (Å²) in [6.07, 6.45) is 2.68. The Bertz CT molecular complexity index is 895. The highest BCUT2D eigenvalue weighted by Gasteiger charge is 2.44. The average molecular weight is 397 g/mol. The average Bonchev–Trinajstić information content (AvgIpc) is 3.46. The second-order valence-electron chi connectivity index (χ2n) is 7.16. The van der Waals surface area contributed by atoms with Crippen molar-refractivity contribution >= 4 is 23.0 Å². The van der Waals surface area contributed by atoms with Crippen LogP contribution >= 0.6 is 11.3 Å². The van der Waals surface area contributed by atoms with Crippen LogP contribution in [0.1, 0.15) is 46.6 Å². The number of aliphatic hydroxyl groups excluding tert-OH is 1. The second-order valence-corrected chi connectivity index (χ2v) is 8.11. The largest absolute Gasteiger partial charge is 0.503 e. The van der Waals surface area contributed by atoms with E-state index < -0.39 is 17.7 Å². The van der Waals surface area contributed by atoms with Gasteiger partial charge >= 0.3 is 0 Å². The summed E-state index contributed by atoms with van der Waals surface area (Å²) in [7, 11) is 0. The number of hydrogen-bond donors (Lipinski definition) is 1. The Morgan fingerprint density at radius 2 is 2.07 bits per heavy atom. The molecule has 1 aromatic carbocycles. The minimum Gasteiger partial charge on any atom is -0.503 e. The summed E-state index contributed by atoms with van der Waals surface area (Å²) in [5.74, 6) is -1.24. The zero-order valence-electron chi connectivity index (χ0n) is 15.8. The fraction of sp³-hybridized carbons (Fsp3) is 0.364. The number of Topliss-reactive ketones (excluding diaryl/α,β-unsaturated/α-hetero) is 1. The van der Waals surface area contributed by atoms with Crippen LogP contribution in [0.5, 0.6) is 0 Å². The van der Waals surface area contributed by atoms with Gasteiger partial charge in [-0.3, -0.25) is 9.59 Å². The highest BCUT2D eigenvalue weighted by Crippen LogP contribution is 2.40. The molecule has 0 radical (unpaired) electrons. The van der Waals surface area contributed by atoms with Gasteiger partial charge in [0.1, 0.15) is 0 Å². The highest BCUT2D eigenvalue weighted by molar-refractivity contribution is 7.12. The molecule has 2 atom stereocenters. The number of aryl methyl sites for hydroxylation is 1. The summed E-state index contributed by atoms with van der Waals surface area (Å²) in [5, 5.41) is 12.5. The van der Waals surface area contributed by atoms with Crippen molar-refractivity contribution in [1.82, 2.24) is 4.90 Å². The van der Waals surface area contributed by atoms with Crippen LogP contribution in [0.4, 0.5) is 0 Å². The van der Waals surface area contributed by atoms with Crippen LogP contribution < -0.4 is 0 Å². The van der Waals surface area contributed by atoms with Gasteiger partial charge in [0.05, 0.1) is 22.6 Å². The van der Waals surface area contributed by atoms with Crippen molar-refractivity contribution in [1.29, 1.82) is 0 Å². The number of rotatable bonds is 6. The lowest BCUT2D eigenvalue weighted by Gasteiger charge is -2.29. The van der Waals surface area contributed by atoms with Crippen molar-refractivity contribution < 1.29 is 19.4 Å². The fourth-order valence-electron chi connectivity index (χ4n) is 3.90. The fourth-order valence-corrected chi connectivity index (χ4v) is 4.58. The third-order valence-electron chi connectivity index (χ3n) is 5.42. The molecule has 1 N–H and O–H groups in total. The molecule has 4 rings (SSSR count). The number of ketones is 1. The Morgan fingerprint density at radius 3 is 2.68 bits per heavy atom. The van der Waals surface area contributed by atoms with Crippen LogP contribution in [0.3, 0.4) is 0 Å². The van der Waals surface area contributed by atoms with Gasteiger partial charge in [0.15, 0.2) is 5.76 Å². The van der Waals surface area contributed by atoms with Gasteiger partial charge in [0.25, 0.3) is 5.91 Å². The first-order chi connectivity index (χ1) is 13.6. The maximum atomic E-state index is 13.1. The van der Waals surface area contributed by atoms with Gasteiger partial charge < -0.3 is 14.7 Å². The molecule has 2 aromatic rings. The summed E-state index contributed by atoms with van der Waals surface area (Å²) in [5.41, 5.74) is 2.17. The molecule has 1 aromatic heterocycles. The monoisotopic (exact) mass is 397 g/mol. The Kier molecular flexibility index (Phi) is 5.33. The summed E-state index contributed by atoms with van der Waals surface area (Å²) < 4.78 is 5.71. The van der Waals surface area contributed by atoms with Crippen molar-refractivity contribution in [3.8, 4) is 0 Å². The lowest BCUT2D eigenvalue weighted by molar-refractivity contribution is -0.131. The molecule has 2 aliphatic rings. The van der Waals surface area contributed by atoms with E-state index in [0.29, 0.717) is 18.0 Å². The predicted octanol–water partition coefficient (Wildman–Crippen LogP) is 4.07. The quantitative estimate of drug-likeness (QED) is 0.746. The number of carbonyl (C=O) groups excluding carboxylic acids is 2. The Balaban J connectivity index is 1.74. The van der Waals surface area contributed by atoms with Crippen molar-refractivity contribution in [2.75, 3.05) is 13.2 Å². The van der Waals surface area contributed by atoms with Gasteiger partial charge in [-0.2, -0.15) is 0 Å². The number of nitrogens with zero attached hydrogens (tertiary/aromatic N) is 1. The van der Waals surface area contributed by atoms with Crippen LogP contribution in [0, 0.1) is 0 Å². The summed E-state index contributed by atoms with van der Waals surface area (Å²) in [4.78, 5) is 28.1. The minimum atomic E-state index is -0.600. The van der Waals surface area contributed by atoms with Crippen molar-refractivity contribution in [2.24, 2.45) is 0 Å². The second kappa shape index (κ2) is 7.89. The molecular weight excluding hydrogens is 374 g/mol. The molecule has 146 valence electrons. The highest BCUT2D eigenvalue weighted by atomic mass is 32.1. The molecule has 0 aliphatic carbocycles. The van der Waals surface area contributed by atoms with E-state index in [9.17, 15) is 14.7 Å². The molecule has 0 saturated carbocycles. The lowest BCUT2D eigenvalue weighted by atomic mass is 9.94. The Labute approximate surface area is 168 Å². The number of hydrogen-bond acceptors (Lipinski definition) is 5. The van der Waals surface area contributed by atoms with Crippen LogP contribution in [-0.4, -0.2) is 41.0 Å². The van der Waals surface area contributed by atoms with E-state index in [4.69, 9.17) is 4.74 Å². The van der Waals surface area contributed by atoms with Gasteiger partial charge in [-0.05, 0) is 41.8 Å². The third kappa shape index (κ3) is 3.38. The van der Waals surface area contributed by atoms with Crippen molar-refractivity contribution in [3.05, 3.63) is 69.1 Å². The van der Waals surface area contributed by atoms with Crippen LogP contribution in [0.2, 0.25) is 0 Å². The molecule has 1 amide bonds. The number of thiophene rings is 1. The third-order valence-corrected chi connectivity index (χ3v) is 6.29. The zero-order chi connectivity index (χ0) is 19.7. The molecule has 1 saturated heterocycles. The van der Waals surface area contributed by atoms with E-state index in [-0.39, 0.29) is 17.5 Å². The number of ether oxygens (including phenoxy) is 1. The van der Waals surface area contributed by atoms with E-state index in [1.807, 2.05) is 29.6 Å². The van der Waals surface area contributed by atoms with Gasteiger partial charge in [-0.25, -0.2) is 0 Å². The van der Waals surface area contributed by atoms with Crippen molar-refractivity contribution in [3.63, 3.8) is 0 Å². The Morgan fingerprint density at radius 1 is 1.29 bits per heavy atom. The standard InChI is InChI=1S/C22H23NO4S/c1-2-14-7-9-15(10-8-14)19-18(20(24)17-6-4-12-28-17)21(25)22(26)23(19)13-16-5-3-11-27-16/h4,6-10,12,16,19,25H,2-3,5,11,13H2,1H3. The maximum Gasteiger partial charge on any atom is 0.290 e. The summed E-state index contributed by atoms with van der Waals surface area (Å²) in [6, 6.07) is 10.8. The van der Waals surface area contributed by atoms with E-state index >= 15 is 0 Å². The molecule has 2 unspecified atom stereocenters. The summed E-state index contributed by atoms with van der Waals surface area (Å²) in [6.45, 7) is 3.13. The topological polar surface area (TPSA) is 66.8 Å². The number of carbonyl (C=O) groups is 2. The van der Waals surface area contributed by atoms with Crippen LogP contribution in [0.15, 0.2) is 53.1 Å². The number of benzene rings is 1. The van der Waals surface area contributed by atoms with Crippen LogP contribution in [-0.2, 0) is 16.0 Å². The SMILES string of the molecule is CCc1ccc(C2C(C(=O)c3cccs3)=C(O)C(=O)N2CC2CCCO2)cc1. The van der Waals surface area contributed by atoms with E-state index in [1.165, 1.54) is 16.9 Å². The number of aliphatic hydroxyl groups is 1. The first-order valence-corrected chi connectivity index (χ1v) is 10.5. The molecule has 5 nitrogen and oxygen atoms in total. The molecule has 28 heavy (non-hydrogen) atoms. The van der Waals surface area contributed by atoms with Crippen molar-refractivity contribution in [2.45, 2.75) is 38.3 Å². The first-order valence-electron chi connectivity index (χ1n) is 9.63. The predicted molar refractivity (Wildman–Crippen MR) is 108 cm³/mol. The molecule has 0 spiro atoms. The van der Waals surface area contributed by atoms with Crippen LogP contribution in [0.25, 0.3) is 0 Å². The molecular formula is C22H23NO4S. The molecule has 1 fully saturated rings. The van der Waals surface area contributed by atoms with Gasteiger partial charge in [-0.15, -0.1) is 11.3 Å². The maximum absolute atomic E-state index is 13.1. The van der Waals surface area contributed by atoms with E-state index in [0.717, 1.165) is 24.8 Å². The van der Waals surface area contributed by atoms with Gasteiger partial charge in [0.2, 0.25) is 5.78 Å². The number of amides is 1. The first kappa shape index (κ1) is 18.9. The smallest absolute Gasteiger partial charge is 0.290 e. The van der Waals surface area contributed by atoms with Gasteiger partial charge in [0, 0.05) is 13.2 Å². The lowest BCUT2D eigenvalue weighted by Crippen LogP contribution is -2.37. The molecule has 0 bridgehead atoms. The summed E-state index contributed by atoms with van der Waals surface area (Å²) >= 11 is 1.31. The normalized spacial score (nSPS) is 22.3. The zero-order valence-corrected chi connectivity index (χ0v) is 16.6. The molecule has 6 heteroatoms.